The number of thiocarbonyl (C=S) groups is 1. The second-order valence-electron chi connectivity index (χ2n) is 6.64. The summed E-state index contributed by atoms with van der Waals surface area (Å²) < 4.78 is 0. The maximum atomic E-state index is 12.5. The molecule has 3 aromatic carbocycles. The number of nitrogens with zero attached hydrogens (tertiary/aromatic N) is 4. The smallest absolute Gasteiger partial charge is 0.273 e. The van der Waals surface area contributed by atoms with Crippen molar-refractivity contribution in [3.63, 3.8) is 0 Å². The molecule has 0 saturated carbocycles. The van der Waals surface area contributed by atoms with Crippen LogP contribution >= 0.6 is 12.2 Å². The fraction of sp³-hybridized carbons (Fsp3) is 0.0476. The Bertz CT molecular complexity index is 1320. The van der Waals surface area contributed by atoms with E-state index in [9.17, 15) is 14.9 Å². The van der Waals surface area contributed by atoms with Crippen molar-refractivity contribution in [2.75, 3.05) is 5.32 Å². The van der Waals surface area contributed by atoms with Crippen LogP contribution in [0.25, 0.3) is 16.7 Å². The summed E-state index contributed by atoms with van der Waals surface area (Å²) in [7, 11) is 0. The van der Waals surface area contributed by atoms with Crippen molar-refractivity contribution >= 4 is 45.6 Å². The third kappa shape index (κ3) is 4.23. The van der Waals surface area contributed by atoms with Gasteiger partial charge in [0.2, 0.25) is 0 Å². The number of fused-ring (bicyclic) bond motifs is 1. The Hall–Kier alpha value is -4.18. The van der Waals surface area contributed by atoms with Gasteiger partial charge in [-0.25, -0.2) is 0 Å². The highest BCUT2D eigenvalue weighted by Crippen LogP contribution is 2.21. The number of para-hydroxylation sites is 1. The van der Waals surface area contributed by atoms with E-state index >= 15 is 0 Å². The maximum Gasteiger partial charge on any atom is 0.273 e. The molecule has 4 rings (SSSR count). The minimum atomic E-state index is -0.533. The van der Waals surface area contributed by atoms with Crippen LogP contribution in [0, 0.1) is 17.0 Å². The Labute approximate surface area is 181 Å². The van der Waals surface area contributed by atoms with Crippen molar-refractivity contribution in [2.45, 2.75) is 6.92 Å². The topological polar surface area (TPSA) is 115 Å². The van der Waals surface area contributed by atoms with Gasteiger partial charge in [0.25, 0.3) is 11.6 Å². The molecule has 0 aliphatic heterocycles. The molecule has 0 unspecified atom stereocenters. The zero-order valence-electron chi connectivity index (χ0n) is 16.3. The predicted molar refractivity (Wildman–Crippen MR) is 120 cm³/mol. The second kappa shape index (κ2) is 8.28. The first-order valence-corrected chi connectivity index (χ1v) is 9.62. The molecule has 0 fully saturated rings. The molecule has 1 heterocycles. The number of hydrogen-bond donors (Lipinski definition) is 2. The Balaban J connectivity index is 1.49. The van der Waals surface area contributed by atoms with Crippen molar-refractivity contribution in [2.24, 2.45) is 0 Å². The largest absolute Gasteiger partial charge is 0.332 e. The molecular formula is C21H16N6O3S. The predicted octanol–water partition coefficient (Wildman–Crippen LogP) is 3.76. The molecule has 31 heavy (non-hydrogen) atoms. The van der Waals surface area contributed by atoms with Crippen molar-refractivity contribution in [3.8, 4) is 5.69 Å². The van der Waals surface area contributed by atoms with E-state index in [2.05, 4.69) is 20.8 Å². The number of carbonyl (C=O) groups is 1. The maximum absolute atomic E-state index is 12.5. The molecule has 0 bridgehead atoms. The van der Waals surface area contributed by atoms with Gasteiger partial charge in [0.15, 0.2) is 5.11 Å². The van der Waals surface area contributed by atoms with Crippen LogP contribution in [0.1, 0.15) is 15.9 Å². The molecule has 0 saturated heterocycles. The van der Waals surface area contributed by atoms with E-state index in [1.165, 1.54) is 25.1 Å². The Morgan fingerprint density at radius 2 is 1.77 bits per heavy atom. The lowest BCUT2D eigenvalue weighted by atomic mass is 10.1. The van der Waals surface area contributed by atoms with Gasteiger partial charge < -0.3 is 5.32 Å². The molecule has 0 radical (unpaired) electrons. The number of nitro groups is 1. The third-order valence-corrected chi connectivity index (χ3v) is 4.80. The second-order valence-corrected chi connectivity index (χ2v) is 7.05. The number of benzene rings is 3. The molecule has 0 spiro atoms. The van der Waals surface area contributed by atoms with E-state index in [-0.39, 0.29) is 21.9 Å². The lowest BCUT2D eigenvalue weighted by molar-refractivity contribution is -0.385. The number of hydrogen-bond acceptors (Lipinski definition) is 6. The highest BCUT2D eigenvalue weighted by atomic mass is 32.1. The Morgan fingerprint density at radius 1 is 1.03 bits per heavy atom. The van der Waals surface area contributed by atoms with Crippen LogP contribution in [0.3, 0.4) is 0 Å². The number of rotatable bonds is 4. The van der Waals surface area contributed by atoms with Crippen LogP contribution in [0.15, 0.2) is 66.7 Å². The first-order valence-electron chi connectivity index (χ1n) is 9.21. The minimum absolute atomic E-state index is 0.0608. The lowest BCUT2D eigenvalue weighted by Crippen LogP contribution is -2.34. The van der Waals surface area contributed by atoms with Gasteiger partial charge >= 0.3 is 0 Å². The fourth-order valence-electron chi connectivity index (χ4n) is 3.07. The van der Waals surface area contributed by atoms with E-state index in [1.54, 1.807) is 23.0 Å². The van der Waals surface area contributed by atoms with Crippen molar-refractivity contribution < 1.29 is 9.72 Å². The van der Waals surface area contributed by atoms with Crippen LogP contribution in [-0.2, 0) is 0 Å². The number of nitrogens with one attached hydrogen (secondary N) is 2. The molecule has 1 aromatic heterocycles. The summed E-state index contributed by atoms with van der Waals surface area (Å²) in [6.45, 7) is 1.52. The fourth-order valence-corrected chi connectivity index (χ4v) is 3.28. The summed E-state index contributed by atoms with van der Waals surface area (Å²) in [4.78, 5) is 24.6. The average Bonchev–Trinajstić information content (AvgIpc) is 3.17. The SMILES string of the molecule is Cc1c(C(=O)NC(=S)Nc2ccc3nn(-c4ccccc4)nc3c2)cccc1[N+](=O)[O-]. The van der Waals surface area contributed by atoms with Crippen molar-refractivity contribution in [3.05, 3.63) is 88.0 Å². The normalized spacial score (nSPS) is 10.6. The van der Waals surface area contributed by atoms with Gasteiger partial charge in [-0.15, -0.1) is 10.2 Å². The summed E-state index contributed by atoms with van der Waals surface area (Å²) in [5.41, 5.74) is 3.14. The van der Waals surface area contributed by atoms with Crippen molar-refractivity contribution in [1.82, 2.24) is 20.3 Å². The van der Waals surface area contributed by atoms with Gasteiger partial charge in [0.1, 0.15) is 11.0 Å². The first-order chi connectivity index (χ1) is 14.9. The van der Waals surface area contributed by atoms with E-state index < -0.39 is 10.8 Å². The zero-order chi connectivity index (χ0) is 22.0. The Kier molecular flexibility index (Phi) is 5.37. The summed E-state index contributed by atoms with van der Waals surface area (Å²) in [6.07, 6.45) is 0. The van der Waals surface area contributed by atoms with Crippen molar-refractivity contribution in [1.29, 1.82) is 0 Å². The van der Waals surface area contributed by atoms with E-state index in [0.717, 1.165) is 5.69 Å². The highest BCUT2D eigenvalue weighted by Gasteiger charge is 2.18. The van der Waals surface area contributed by atoms with E-state index in [0.29, 0.717) is 16.7 Å². The van der Waals surface area contributed by atoms with Gasteiger partial charge in [0, 0.05) is 22.9 Å². The lowest BCUT2D eigenvalue weighted by Gasteiger charge is -2.11. The summed E-state index contributed by atoms with van der Waals surface area (Å²) in [5, 5.41) is 25.5. The average molecular weight is 432 g/mol. The van der Waals surface area contributed by atoms with Gasteiger partial charge in [-0.05, 0) is 55.5 Å². The van der Waals surface area contributed by atoms with Gasteiger partial charge in [0.05, 0.1) is 10.6 Å². The van der Waals surface area contributed by atoms with Gasteiger partial charge in [-0.3, -0.25) is 20.2 Å². The quantitative estimate of drug-likeness (QED) is 0.287. The molecule has 0 atom stereocenters. The number of amides is 1. The van der Waals surface area contributed by atoms with Gasteiger partial charge in [-0.2, -0.15) is 4.80 Å². The monoisotopic (exact) mass is 432 g/mol. The standard InChI is InChI=1S/C21H16N6O3S/c1-13-16(8-5-9-19(13)27(29)30)20(28)23-21(31)22-14-10-11-17-18(12-14)25-26(24-17)15-6-3-2-4-7-15/h2-12H,1H3,(H2,22,23,28,31). The molecule has 0 aliphatic rings. The third-order valence-electron chi connectivity index (χ3n) is 4.60. The number of aromatic nitrogens is 3. The molecular weight excluding hydrogens is 416 g/mol. The molecule has 10 heteroatoms. The number of nitro benzene ring substituents is 1. The van der Waals surface area contributed by atoms with Crippen LogP contribution in [-0.4, -0.2) is 30.9 Å². The van der Waals surface area contributed by atoms with E-state index in [1.807, 2.05) is 30.3 Å². The van der Waals surface area contributed by atoms with Crippen LogP contribution < -0.4 is 10.6 Å². The zero-order valence-corrected chi connectivity index (χ0v) is 17.1. The Morgan fingerprint density at radius 3 is 2.52 bits per heavy atom. The summed E-state index contributed by atoms with van der Waals surface area (Å²) in [5.74, 6) is -0.533. The van der Waals surface area contributed by atoms with E-state index in [4.69, 9.17) is 12.2 Å². The highest BCUT2D eigenvalue weighted by molar-refractivity contribution is 7.80. The number of anilines is 1. The minimum Gasteiger partial charge on any atom is -0.332 e. The van der Waals surface area contributed by atoms with Crippen LogP contribution in [0.4, 0.5) is 11.4 Å². The van der Waals surface area contributed by atoms with Crippen LogP contribution in [0.2, 0.25) is 0 Å². The van der Waals surface area contributed by atoms with Gasteiger partial charge in [-0.1, -0.05) is 24.3 Å². The molecule has 2 N–H and O–H groups in total. The molecule has 4 aromatic rings. The molecule has 1 amide bonds. The number of carbonyl (C=O) groups excluding carboxylic acids is 1. The molecule has 9 nitrogen and oxygen atoms in total. The summed E-state index contributed by atoms with van der Waals surface area (Å²) in [6, 6.07) is 19.2. The van der Waals surface area contributed by atoms with Crippen LogP contribution in [0.5, 0.6) is 0 Å². The summed E-state index contributed by atoms with van der Waals surface area (Å²) >= 11 is 5.23. The molecule has 154 valence electrons. The first kappa shape index (κ1) is 20.1. The molecule has 0 aliphatic carbocycles.